The molecule has 1 heterocycles. The predicted molar refractivity (Wildman–Crippen MR) is 76.0 cm³/mol. The van der Waals surface area contributed by atoms with Crippen molar-refractivity contribution in [1.29, 1.82) is 0 Å². The summed E-state index contributed by atoms with van der Waals surface area (Å²) < 4.78 is 5.94. The zero-order chi connectivity index (χ0) is 13.3. The Bertz CT molecular complexity index is 459. The number of hydrogen-bond donors (Lipinski definition) is 1. The summed E-state index contributed by atoms with van der Waals surface area (Å²) in [6, 6.07) is 7.66. The van der Waals surface area contributed by atoms with Gasteiger partial charge in [0.25, 0.3) is 0 Å². The summed E-state index contributed by atoms with van der Waals surface area (Å²) in [5.41, 5.74) is 0.298. The van der Waals surface area contributed by atoms with Gasteiger partial charge in [0.15, 0.2) is 0 Å². The molecular weight excluding hydrogens is 260 g/mol. The third kappa shape index (κ3) is 2.59. The molecule has 2 aliphatic rings. The number of thioether (sulfide) groups is 1. The zero-order valence-electron chi connectivity index (χ0n) is 10.8. The number of ether oxygens (including phenoxy) is 1. The predicted octanol–water partition coefficient (Wildman–Crippen LogP) is 3.08. The van der Waals surface area contributed by atoms with E-state index in [1.54, 1.807) is 0 Å². The molecular formula is C15H18O3S. The Labute approximate surface area is 117 Å². The summed E-state index contributed by atoms with van der Waals surface area (Å²) in [6.45, 7) is 0. The standard InChI is InChI=1S/C15H18O3S/c16-14(17)15(7-8-15)11-1-3-12(4-2-11)18-13-5-9-19-10-6-13/h1-4,13H,5-10H2,(H,16,17). The highest BCUT2D eigenvalue weighted by Gasteiger charge is 2.51. The van der Waals surface area contributed by atoms with Gasteiger partial charge in [-0.3, -0.25) is 4.79 Å². The van der Waals surface area contributed by atoms with Crippen molar-refractivity contribution in [3.63, 3.8) is 0 Å². The molecule has 1 saturated carbocycles. The number of carboxylic acid groups (broad SMARTS) is 1. The monoisotopic (exact) mass is 278 g/mol. The second kappa shape index (κ2) is 5.08. The first-order chi connectivity index (χ1) is 9.21. The van der Waals surface area contributed by atoms with E-state index in [1.807, 2.05) is 36.0 Å². The fraction of sp³-hybridized carbons (Fsp3) is 0.533. The van der Waals surface area contributed by atoms with Crippen molar-refractivity contribution in [2.24, 2.45) is 0 Å². The number of benzene rings is 1. The van der Waals surface area contributed by atoms with Crippen molar-refractivity contribution in [3.05, 3.63) is 29.8 Å². The van der Waals surface area contributed by atoms with E-state index in [1.165, 1.54) is 11.5 Å². The molecule has 0 aromatic heterocycles. The molecule has 1 aliphatic heterocycles. The summed E-state index contributed by atoms with van der Waals surface area (Å²) in [7, 11) is 0. The fourth-order valence-corrected chi connectivity index (χ4v) is 3.65. The highest BCUT2D eigenvalue weighted by Crippen LogP contribution is 2.48. The van der Waals surface area contributed by atoms with Crippen LogP contribution >= 0.6 is 11.8 Å². The van der Waals surface area contributed by atoms with Gasteiger partial charge in [-0.2, -0.15) is 11.8 Å². The maximum absolute atomic E-state index is 11.3. The van der Waals surface area contributed by atoms with Crippen LogP contribution in [0.3, 0.4) is 0 Å². The van der Waals surface area contributed by atoms with Crippen LogP contribution in [0.4, 0.5) is 0 Å². The van der Waals surface area contributed by atoms with Crippen molar-refractivity contribution in [2.45, 2.75) is 37.2 Å². The molecule has 3 nitrogen and oxygen atoms in total. The molecule has 1 aromatic carbocycles. The molecule has 1 aromatic rings. The molecule has 0 bridgehead atoms. The van der Waals surface area contributed by atoms with Gasteiger partial charge in [-0.1, -0.05) is 12.1 Å². The number of carboxylic acids is 1. The number of aliphatic carboxylic acids is 1. The molecule has 102 valence electrons. The summed E-state index contributed by atoms with van der Waals surface area (Å²) in [5, 5.41) is 9.25. The maximum atomic E-state index is 11.3. The van der Waals surface area contributed by atoms with Crippen LogP contribution < -0.4 is 4.74 Å². The Morgan fingerprint density at radius 1 is 1.21 bits per heavy atom. The summed E-state index contributed by atoms with van der Waals surface area (Å²) >= 11 is 1.98. The van der Waals surface area contributed by atoms with E-state index >= 15 is 0 Å². The van der Waals surface area contributed by atoms with Crippen LogP contribution in [0.15, 0.2) is 24.3 Å². The van der Waals surface area contributed by atoms with Gasteiger partial charge in [0.05, 0.1) is 5.41 Å². The number of rotatable bonds is 4. The largest absolute Gasteiger partial charge is 0.490 e. The third-order valence-corrected chi connectivity index (χ3v) is 5.09. The minimum Gasteiger partial charge on any atom is -0.490 e. The average Bonchev–Trinajstić information content (AvgIpc) is 3.22. The molecule has 1 saturated heterocycles. The Morgan fingerprint density at radius 3 is 2.37 bits per heavy atom. The Hall–Kier alpha value is -1.16. The van der Waals surface area contributed by atoms with E-state index in [9.17, 15) is 9.90 Å². The molecule has 1 N–H and O–H groups in total. The molecule has 0 amide bonds. The minimum absolute atomic E-state index is 0.321. The Morgan fingerprint density at radius 2 is 1.84 bits per heavy atom. The van der Waals surface area contributed by atoms with Gasteiger partial charge in [-0.15, -0.1) is 0 Å². The topological polar surface area (TPSA) is 46.5 Å². The average molecular weight is 278 g/mol. The van der Waals surface area contributed by atoms with Crippen LogP contribution in [0.25, 0.3) is 0 Å². The van der Waals surface area contributed by atoms with Crippen LogP contribution in [0, 0.1) is 0 Å². The van der Waals surface area contributed by atoms with Crippen LogP contribution in [0.5, 0.6) is 5.75 Å². The van der Waals surface area contributed by atoms with Crippen LogP contribution in [0.1, 0.15) is 31.2 Å². The van der Waals surface area contributed by atoms with Crippen molar-refractivity contribution < 1.29 is 14.6 Å². The maximum Gasteiger partial charge on any atom is 0.314 e. The summed E-state index contributed by atoms with van der Waals surface area (Å²) in [4.78, 5) is 11.3. The molecule has 2 fully saturated rings. The van der Waals surface area contributed by atoms with Gasteiger partial charge in [0.1, 0.15) is 11.9 Å². The summed E-state index contributed by atoms with van der Waals surface area (Å²) in [5.74, 6) is 2.50. The second-order valence-electron chi connectivity index (χ2n) is 5.34. The number of hydrogen-bond acceptors (Lipinski definition) is 3. The van der Waals surface area contributed by atoms with Gasteiger partial charge < -0.3 is 9.84 Å². The molecule has 0 spiro atoms. The van der Waals surface area contributed by atoms with E-state index < -0.39 is 11.4 Å². The molecule has 0 unspecified atom stereocenters. The smallest absolute Gasteiger partial charge is 0.314 e. The highest BCUT2D eigenvalue weighted by molar-refractivity contribution is 7.99. The normalized spacial score (nSPS) is 21.9. The first kappa shape index (κ1) is 12.9. The van der Waals surface area contributed by atoms with Crippen LogP contribution in [0.2, 0.25) is 0 Å². The first-order valence-corrected chi connectivity index (χ1v) is 7.94. The molecule has 0 atom stereocenters. The Kier molecular flexibility index (Phi) is 3.44. The lowest BCUT2D eigenvalue weighted by atomic mass is 9.96. The van der Waals surface area contributed by atoms with Gasteiger partial charge in [0, 0.05) is 0 Å². The van der Waals surface area contributed by atoms with Crippen molar-refractivity contribution in [1.82, 2.24) is 0 Å². The third-order valence-electron chi connectivity index (χ3n) is 4.04. The molecule has 1 aliphatic carbocycles. The van der Waals surface area contributed by atoms with Gasteiger partial charge in [-0.25, -0.2) is 0 Å². The van der Waals surface area contributed by atoms with E-state index in [0.717, 1.165) is 37.0 Å². The highest BCUT2D eigenvalue weighted by atomic mass is 32.2. The van der Waals surface area contributed by atoms with E-state index in [-0.39, 0.29) is 0 Å². The zero-order valence-corrected chi connectivity index (χ0v) is 11.6. The lowest BCUT2D eigenvalue weighted by molar-refractivity contribution is -0.140. The van der Waals surface area contributed by atoms with Crippen LogP contribution in [-0.2, 0) is 10.2 Å². The quantitative estimate of drug-likeness (QED) is 0.919. The SMILES string of the molecule is O=C(O)C1(c2ccc(OC3CCSCC3)cc2)CC1. The molecule has 4 heteroatoms. The van der Waals surface area contributed by atoms with E-state index in [2.05, 4.69) is 0 Å². The first-order valence-electron chi connectivity index (χ1n) is 6.79. The lowest BCUT2D eigenvalue weighted by Crippen LogP contribution is -2.22. The van der Waals surface area contributed by atoms with Gasteiger partial charge >= 0.3 is 5.97 Å². The van der Waals surface area contributed by atoms with Crippen LogP contribution in [-0.4, -0.2) is 28.7 Å². The van der Waals surface area contributed by atoms with Crippen molar-refractivity contribution >= 4 is 17.7 Å². The summed E-state index contributed by atoms with van der Waals surface area (Å²) in [6.07, 6.45) is 4.03. The Balaban J connectivity index is 1.67. The number of carbonyl (C=O) groups is 1. The minimum atomic E-state index is -0.703. The fourth-order valence-electron chi connectivity index (χ4n) is 2.59. The van der Waals surface area contributed by atoms with Gasteiger partial charge in [0.2, 0.25) is 0 Å². The van der Waals surface area contributed by atoms with Crippen molar-refractivity contribution in [2.75, 3.05) is 11.5 Å². The van der Waals surface area contributed by atoms with E-state index in [0.29, 0.717) is 6.10 Å². The molecule has 0 radical (unpaired) electrons. The van der Waals surface area contributed by atoms with E-state index in [4.69, 9.17) is 4.74 Å². The molecule has 19 heavy (non-hydrogen) atoms. The second-order valence-corrected chi connectivity index (χ2v) is 6.57. The van der Waals surface area contributed by atoms with Crippen molar-refractivity contribution in [3.8, 4) is 5.75 Å². The van der Waals surface area contributed by atoms with Gasteiger partial charge in [-0.05, 0) is 54.9 Å². The lowest BCUT2D eigenvalue weighted by Gasteiger charge is -2.23. The molecule has 3 rings (SSSR count).